The average molecular weight is 284 g/mol. The van der Waals surface area contributed by atoms with E-state index in [0.717, 1.165) is 18.7 Å². The number of halogens is 1. The lowest BCUT2D eigenvalue weighted by atomic mass is 10.0. The van der Waals surface area contributed by atoms with Gasteiger partial charge in [0.05, 0.1) is 5.88 Å². The molecule has 1 aliphatic heterocycles. The molecule has 0 amide bonds. The zero-order valence-corrected chi connectivity index (χ0v) is 13.3. The van der Waals surface area contributed by atoms with Gasteiger partial charge in [-0.25, -0.2) is 0 Å². The van der Waals surface area contributed by atoms with E-state index in [2.05, 4.69) is 50.8 Å². The molecule has 0 aliphatic carbocycles. The van der Waals surface area contributed by atoms with Gasteiger partial charge in [0.1, 0.15) is 0 Å². The summed E-state index contributed by atoms with van der Waals surface area (Å²) in [5.41, 5.74) is 5.82. The van der Waals surface area contributed by atoms with E-state index < -0.39 is 0 Å². The summed E-state index contributed by atoms with van der Waals surface area (Å²) in [5, 5.41) is 0. The van der Waals surface area contributed by atoms with E-state index in [1.807, 2.05) is 11.8 Å². The fourth-order valence-electron chi connectivity index (χ4n) is 2.35. The summed E-state index contributed by atoms with van der Waals surface area (Å²) in [7, 11) is 0. The Labute approximate surface area is 121 Å². The van der Waals surface area contributed by atoms with Crippen LogP contribution in [-0.4, -0.2) is 5.88 Å². The van der Waals surface area contributed by atoms with E-state index >= 15 is 0 Å². The van der Waals surface area contributed by atoms with Gasteiger partial charge in [-0.05, 0) is 37.8 Å². The van der Waals surface area contributed by atoms with Crippen LogP contribution in [0.25, 0.3) is 0 Å². The van der Waals surface area contributed by atoms with Crippen molar-refractivity contribution in [2.24, 2.45) is 0 Å². The first kappa shape index (κ1) is 15.5. The third kappa shape index (κ3) is 2.70. The summed E-state index contributed by atoms with van der Waals surface area (Å²) in [6.07, 6.45) is 2.22. The van der Waals surface area contributed by atoms with Crippen molar-refractivity contribution in [1.29, 1.82) is 0 Å². The van der Waals surface area contributed by atoms with Gasteiger partial charge in [0.25, 0.3) is 0 Å². The molecule has 1 nitrogen and oxygen atoms in total. The number of thioether (sulfide) groups is 1. The minimum Gasteiger partial charge on any atom is -0.334 e. The summed E-state index contributed by atoms with van der Waals surface area (Å²) in [4.78, 5) is 3.94. The van der Waals surface area contributed by atoms with Crippen LogP contribution in [0, 0.1) is 0 Å². The molecule has 2 rings (SSSR count). The lowest BCUT2D eigenvalue weighted by Crippen LogP contribution is -2.19. The third-order valence-corrected chi connectivity index (χ3v) is 4.68. The van der Waals surface area contributed by atoms with E-state index in [9.17, 15) is 0 Å². The minimum atomic E-state index is 0. The fourth-order valence-corrected chi connectivity index (χ4v) is 3.31. The Morgan fingerprint density at radius 1 is 1.11 bits per heavy atom. The van der Waals surface area contributed by atoms with Crippen molar-refractivity contribution in [3.05, 3.63) is 39.9 Å². The van der Waals surface area contributed by atoms with E-state index in [4.69, 9.17) is 0 Å². The van der Waals surface area contributed by atoms with Crippen LogP contribution in [0.3, 0.4) is 0 Å². The number of anilines is 1. The fraction of sp³-hybridized carbons (Fsp3) is 0.467. The number of benzene rings is 1. The maximum Gasteiger partial charge on any atom is 0.0729 e. The summed E-state index contributed by atoms with van der Waals surface area (Å²) >= 11 is 1.95. The van der Waals surface area contributed by atoms with Crippen LogP contribution in [-0.2, 0) is 12.8 Å². The highest BCUT2D eigenvalue weighted by Gasteiger charge is 2.22. The van der Waals surface area contributed by atoms with Crippen LogP contribution < -0.4 is 4.90 Å². The number of rotatable bonds is 3. The smallest absolute Gasteiger partial charge is 0.0729 e. The normalized spacial score (nSPS) is 15.0. The largest absolute Gasteiger partial charge is 0.334 e. The Bertz CT molecular complexity index is 432. The molecule has 0 spiro atoms. The Balaban J connectivity index is 0.00000162. The number of aryl methyl sites for hydroxylation is 2. The number of allylic oxidation sites excluding steroid dienone is 2. The molecular formula is C15H22ClNS. The van der Waals surface area contributed by atoms with Crippen LogP contribution in [0.15, 0.2) is 28.8 Å². The van der Waals surface area contributed by atoms with Crippen molar-refractivity contribution in [2.75, 3.05) is 10.8 Å². The maximum absolute atomic E-state index is 2.48. The second kappa shape index (κ2) is 6.53. The van der Waals surface area contributed by atoms with Crippen molar-refractivity contribution in [2.45, 2.75) is 40.5 Å². The predicted molar refractivity (Wildman–Crippen MR) is 85.8 cm³/mol. The first-order chi connectivity index (χ1) is 8.19. The molecule has 0 N–H and O–H groups in total. The molecule has 0 unspecified atom stereocenters. The topological polar surface area (TPSA) is 3.24 Å². The highest BCUT2D eigenvalue weighted by atomic mass is 35.5. The summed E-state index contributed by atoms with van der Waals surface area (Å²) in [5.74, 6) is 1.07. The van der Waals surface area contributed by atoms with Gasteiger partial charge in [0.15, 0.2) is 0 Å². The van der Waals surface area contributed by atoms with Gasteiger partial charge in [0, 0.05) is 16.3 Å². The molecule has 1 aromatic carbocycles. The molecule has 0 aromatic heterocycles. The van der Waals surface area contributed by atoms with Gasteiger partial charge in [-0.2, -0.15) is 0 Å². The number of nitrogens with zero attached hydrogens (tertiary/aromatic N) is 1. The van der Waals surface area contributed by atoms with Gasteiger partial charge in [0.2, 0.25) is 0 Å². The molecule has 0 radical (unpaired) electrons. The molecule has 1 aliphatic rings. The highest BCUT2D eigenvalue weighted by Crippen LogP contribution is 2.38. The second-order valence-electron chi connectivity index (χ2n) is 4.48. The first-order valence-electron chi connectivity index (χ1n) is 6.37. The quantitative estimate of drug-likeness (QED) is 0.768. The molecule has 0 atom stereocenters. The Morgan fingerprint density at radius 2 is 1.67 bits per heavy atom. The van der Waals surface area contributed by atoms with Crippen LogP contribution in [0.5, 0.6) is 0 Å². The highest BCUT2D eigenvalue weighted by molar-refractivity contribution is 8.03. The van der Waals surface area contributed by atoms with Crippen molar-refractivity contribution < 1.29 is 0 Å². The Hall–Kier alpha value is -0.600. The van der Waals surface area contributed by atoms with E-state index in [-0.39, 0.29) is 12.4 Å². The minimum absolute atomic E-state index is 0. The van der Waals surface area contributed by atoms with E-state index in [1.54, 1.807) is 0 Å². The van der Waals surface area contributed by atoms with Crippen LogP contribution >= 0.6 is 24.2 Å². The third-order valence-electron chi connectivity index (χ3n) is 3.56. The van der Waals surface area contributed by atoms with Crippen molar-refractivity contribution in [3.8, 4) is 0 Å². The van der Waals surface area contributed by atoms with Crippen molar-refractivity contribution in [3.63, 3.8) is 0 Å². The number of hydrogen-bond donors (Lipinski definition) is 0. The van der Waals surface area contributed by atoms with Gasteiger partial charge in [-0.3, -0.25) is 0 Å². The SMILES string of the molecule is CCc1cccc(CC)c1N1CSC(C)=C1C.Cl. The Kier molecular flexibility index (Phi) is 5.61. The van der Waals surface area contributed by atoms with Gasteiger partial charge >= 0.3 is 0 Å². The molecule has 1 heterocycles. The predicted octanol–water partition coefficient (Wildman–Crippen LogP) is 5.00. The molecule has 1 aromatic rings. The first-order valence-corrected chi connectivity index (χ1v) is 7.36. The monoisotopic (exact) mass is 283 g/mol. The molecule has 100 valence electrons. The Morgan fingerprint density at radius 3 is 2.06 bits per heavy atom. The number of para-hydroxylation sites is 1. The lowest BCUT2D eigenvalue weighted by molar-refractivity contribution is 0.996. The summed E-state index contributed by atoms with van der Waals surface area (Å²) < 4.78 is 0. The van der Waals surface area contributed by atoms with Gasteiger partial charge in [-0.15, -0.1) is 24.2 Å². The van der Waals surface area contributed by atoms with Gasteiger partial charge in [-0.1, -0.05) is 32.0 Å². The van der Waals surface area contributed by atoms with E-state index in [0.29, 0.717) is 0 Å². The van der Waals surface area contributed by atoms with Crippen molar-refractivity contribution >= 4 is 29.9 Å². The van der Waals surface area contributed by atoms with Gasteiger partial charge < -0.3 is 4.90 Å². The van der Waals surface area contributed by atoms with Crippen LogP contribution in [0.4, 0.5) is 5.69 Å². The number of hydrogen-bond acceptors (Lipinski definition) is 2. The molecule has 0 saturated carbocycles. The van der Waals surface area contributed by atoms with Crippen LogP contribution in [0.2, 0.25) is 0 Å². The second-order valence-corrected chi connectivity index (χ2v) is 5.63. The summed E-state index contributed by atoms with van der Waals surface area (Å²) in [6.45, 7) is 8.95. The average Bonchev–Trinajstić information content (AvgIpc) is 2.69. The van der Waals surface area contributed by atoms with E-state index in [1.165, 1.54) is 27.4 Å². The van der Waals surface area contributed by atoms with Crippen LogP contribution in [0.1, 0.15) is 38.8 Å². The standard InChI is InChI=1S/C15H21NS.ClH/c1-5-13-8-7-9-14(6-2)15(13)16-10-17-12(4)11(16)3;/h7-9H,5-6,10H2,1-4H3;1H. The zero-order valence-electron chi connectivity index (χ0n) is 11.6. The zero-order chi connectivity index (χ0) is 12.4. The molecule has 18 heavy (non-hydrogen) atoms. The molecule has 0 saturated heterocycles. The molecule has 0 bridgehead atoms. The molecule has 3 heteroatoms. The molecular weight excluding hydrogens is 262 g/mol. The molecule has 0 fully saturated rings. The lowest BCUT2D eigenvalue weighted by Gasteiger charge is -2.25. The maximum atomic E-state index is 2.48. The van der Waals surface area contributed by atoms with Crippen molar-refractivity contribution in [1.82, 2.24) is 0 Å². The summed E-state index contributed by atoms with van der Waals surface area (Å²) in [6, 6.07) is 6.72.